The maximum Gasteiger partial charge on any atom is 0.255 e. The second kappa shape index (κ2) is 8.19. The molecule has 3 rings (SSSR count). The normalized spacial score (nSPS) is 10.3. The zero-order chi connectivity index (χ0) is 19.2. The molecule has 1 amide bonds. The van der Waals surface area contributed by atoms with E-state index in [0.29, 0.717) is 29.8 Å². The molecule has 27 heavy (non-hydrogen) atoms. The predicted molar refractivity (Wildman–Crippen MR) is 103 cm³/mol. The van der Waals surface area contributed by atoms with Crippen LogP contribution in [0.2, 0.25) is 0 Å². The molecule has 0 saturated carbocycles. The highest BCUT2D eigenvalue weighted by Crippen LogP contribution is 2.26. The molecule has 136 valence electrons. The molecule has 0 atom stereocenters. The minimum Gasteiger partial charge on any atom is -0.506 e. The van der Waals surface area contributed by atoms with Gasteiger partial charge in [-0.3, -0.25) is 9.59 Å². The summed E-state index contributed by atoms with van der Waals surface area (Å²) in [5, 5.41) is 12.6. The molecule has 3 aromatic rings. The van der Waals surface area contributed by atoms with Crippen molar-refractivity contribution in [2.75, 3.05) is 5.32 Å². The number of phenolic OH excluding ortho intramolecular Hbond substituents is 1. The van der Waals surface area contributed by atoms with Gasteiger partial charge in [-0.25, -0.2) is 0 Å². The highest BCUT2D eigenvalue weighted by atomic mass is 16.5. The Bertz CT molecular complexity index is 967. The second-order valence-corrected chi connectivity index (χ2v) is 6.10. The Hall–Kier alpha value is -3.60. The third-order valence-corrected chi connectivity index (χ3v) is 4.09. The number of benzene rings is 3. The van der Waals surface area contributed by atoms with E-state index in [-0.39, 0.29) is 17.3 Å². The zero-order valence-corrected chi connectivity index (χ0v) is 14.8. The van der Waals surface area contributed by atoms with Crippen LogP contribution in [0.1, 0.15) is 31.8 Å². The largest absolute Gasteiger partial charge is 0.506 e. The minimum absolute atomic E-state index is 0.166. The molecule has 5 heteroatoms. The quantitative estimate of drug-likeness (QED) is 0.506. The number of nitrogens with one attached hydrogen (secondary N) is 1. The van der Waals surface area contributed by atoms with Gasteiger partial charge in [0.1, 0.15) is 24.4 Å². The van der Waals surface area contributed by atoms with Gasteiger partial charge in [-0.1, -0.05) is 36.4 Å². The van der Waals surface area contributed by atoms with Gasteiger partial charge in [0.05, 0.1) is 5.69 Å². The fourth-order valence-electron chi connectivity index (χ4n) is 2.55. The SMILES string of the molecule is Cc1ccc(C(=O)Nc2ccc(C=O)cc2O)cc1OCc1ccccc1. The van der Waals surface area contributed by atoms with E-state index in [2.05, 4.69) is 5.32 Å². The minimum atomic E-state index is -0.381. The van der Waals surface area contributed by atoms with E-state index < -0.39 is 0 Å². The number of phenols is 1. The van der Waals surface area contributed by atoms with Crippen LogP contribution >= 0.6 is 0 Å². The van der Waals surface area contributed by atoms with E-state index in [0.717, 1.165) is 11.1 Å². The molecule has 0 radical (unpaired) electrons. The third kappa shape index (κ3) is 4.52. The first kappa shape index (κ1) is 18.2. The molecule has 5 nitrogen and oxygen atoms in total. The van der Waals surface area contributed by atoms with Crippen molar-refractivity contribution in [1.82, 2.24) is 0 Å². The molecule has 0 bridgehead atoms. The van der Waals surface area contributed by atoms with Crippen molar-refractivity contribution >= 4 is 17.9 Å². The van der Waals surface area contributed by atoms with Gasteiger partial charge in [0.25, 0.3) is 5.91 Å². The maximum atomic E-state index is 12.5. The summed E-state index contributed by atoms with van der Waals surface area (Å²) in [6, 6.07) is 19.2. The molecule has 0 aromatic heterocycles. The number of aromatic hydroxyl groups is 1. The highest BCUT2D eigenvalue weighted by Gasteiger charge is 2.12. The zero-order valence-electron chi connectivity index (χ0n) is 14.8. The number of aryl methyl sites for hydroxylation is 1. The fraction of sp³-hybridized carbons (Fsp3) is 0.0909. The van der Waals surface area contributed by atoms with Crippen LogP contribution in [0.25, 0.3) is 0 Å². The van der Waals surface area contributed by atoms with Gasteiger partial charge in [0, 0.05) is 11.1 Å². The Morgan fingerprint density at radius 2 is 1.85 bits per heavy atom. The first-order valence-electron chi connectivity index (χ1n) is 8.44. The van der Waals surface area contributed by atoms with Crippen LogP contribution in [0.3, 0.4) is 0 Å². The highest BCUT2D eigenvalue weighted by molar-refractivity contribution is 6.05. The van der Waals surface area contributed by atoms with Gasteiger partial charge in [0.2, 0.25) is 0 Å². The van der Waals surface area contributed by atoms with E-state index in [4.69, 9.17) is 4.74 Å². The summed E-state index contributed by atoms with van der Waals surface area (Å²) in [6.45, 7) is 2.31. The molecule has 0 aliphatic rings. The summed E-state index contributed by atoms with van der Waals surface area (Å²) in [6.07, 6.45) is 0.627. The predicted octanol–water partition coefficient (Wildman–Crippen LogP) is 4.34. The lowest BCUT2D eigenvalue weighted by atomic mass is 10.1. The van der Waals surface area contributed by atoms with Gasteiger partial charge in [0.15, 0.2) is 0 Å². The molecular weight excluding hydrogens is 342 g/mol. The van der Waals surface area contributed by atoms with Crippen molar-refractivity contribution < 1.29 is 19.4 Å². The van der Waals surface area contributed by atoms with Crippen LogP contribution in [-0.4, -0.2) is 17.3 Å². The van der Waals surface area contributed by atoms with Crippen LogP contribution in [0.4, 0.5) is 5.69 Å². The summed E-state index contributed by atoms with van der Waals surface area (Å²) in [5.74, 6) is 0.0707. The molecule has 0 spiro atoms. The van der Waals surface area contributed by atoms with Crippen molar-refractivity contribution in [2.45, 2.75) is 13.5 Å². The van der Waals surface area contributed by atoms with Crippen LogP contribution in [0.5, 0.6) is 11.5 Å². The summed E-state index contributed by atoms with van der Waals surface area (Å²) in [5.41, 5.74) is 2.92. The van der Waals surface area contributed by atoms with Crippen molar-refractivity contribution in [2.24, 2.45) is 0 Å². The monoisotopic (exact) mass is 361 g/mol. The number of aldehydes is 1. The average Bonchev–Trinajstić information content (AvgIpc) is 2.69. The van der Waals surface area contributed by atoms with Gasteiger partial charge in [-0.2, -0.15) is 0 Å². The van der Waals surface area contributed by atoms with E-state index in [1.54, 1.807) is 12.1 Å². The maximum absolute atomic E-state index is 12.5. The van der Waals surface area contributed by atoms with Crippen molar-refractivity contribution in [3.63, 3.8) is 0 Å². The second-order valence-electron chi connectivity index (χ2n) is 6.10. The van der Waals surface area contributed by atoms with Gasteiger partial charge < -0.3 is 15.2 Å². The summed E-state index contributed by atoms with van der Waals surface area (Å²) >= 11 is 0. The summed E-state index contributed by atoms with van der Waals surface area (Å²) < 4.78 is 5.85. The van der Waals surface area contributed by atoms with Crippen molar-refractivity contribution in [3.8, 4) is 11.5 Å². The molecule has 0 heterocycles. The molecule has 0 aliphatic heterocycles. The number of carbonyl (C=O) groups excluding carboxylic acids is 2. The topological polar surface area (TPSA) is 75.6 Å². The first-order valence-corrected chi connectivity index (χ1v) is 8.44. The molecular formula is C22H19NO4. The number of rotatable bonds is 6. The lowest BCUT2D eigenvalue weighted by Gasteiger charge is -2.12. The van der Waals surface area contributed by atoms with Crippen LogP contribution in [0.15, 0.2) is 66.7 Å². The van der Waals surface area contributed by atoms with E-state index >= 15 is 0 Å². The van der Waals surface area contributed by atoms with Crippen molar-refractivity contribution in [3.05, 3.63) is 89.0 Å². The van der Waals surface area contributed by atoms with E-state index in [1.165, 1.54) is 18.2 Å². The lowest BCUT2D eigenvalue weighted by Crippen LogP contribution is -2.12. The number of hydrogen-bond acceptors (Lipinski definition) is 4. The molecule has 0 unspecified atom stereocenters. The fourth-order valence-corrected chi connectivity index (χ4v) is 2.55. The van der Waals surface area contributed by atoms with Crippen LogP contribution in [-0.2, 0) is 6.61 Å². The first-order chi connectivity index (χ1) is 13.1. The van der Waals surface area contributed by atoms with E-state index in [1.807, 2.05) is 43.3 Å². The number of anilines is 1. The van der Waals surface area contributed by atoms with Crippen molar-refractivity contribution in [1.29, 1.82) is 0 Å². The molecule has 0 aliphatic carbocycles. The molecule has 0 saturated heterocycles. The van der Waals surface area contributed by atoms with Gasteiger partial charge in [-0.05, 0) is 48.4 Å². The molecule has 2 N–H and O–H groups in total. The summed E-state index contributed by atoms with van der Waals surface area (Å²) in [7, 11) is 0. The van der Waals surface area contributed by atoms with Gasteiger partial charge in [-0.15, -0.1) is 0 Å². The number of hydrogen-bond donors (Lipinski definition) is 2. The summed E-state index contributed by atoms with van der Waals surface area (Å²) in [4.78, 5) is 23.2. The number of amides is 1. The Morgan fingerprint density at radius 1 is 1.07 bits per heavy atom. The van der Waals surface area contributed by atoms with Crippen LogP contribution < -0.4 is 10.1 Å². The molecule has 3 aromatic carbocycles. The smallest absolute Gasteiger partial charge is 0.255 e. The Labute approximate surface area is 157 Å². The number of carbonyl (C=O) groups is 2. The average molecular weight is 361 g/mol. The van der Waals surface area contributed by atoms with Gasteiger partial charge >= 0.3 is 0 Å². The Morgan fingerprint density at radius 3 is 2.56 bits per heavy atom. The molecule has 0 fully saturated rings. The standard InChI is InChI=1S/C22H19NO4/c1-15-7-9-18(12-21(15)27-14-16-5-3-2-4-6-16)22(26)23-19-10-8-17(13-24)11-20(19)25/h2-13,25H,14H2,1H3,(H,23,26). The van der Waals surface area contributed by atoms with E-state index in [9.17, 15) is 14.7 Å². The lowest BCUT2D eigenvalue weighted by molar-refractivity contribution is 0.102. The third-order valence-electron chi connectivity index (χ3n) is 4.09. The number of ether oxygens (including phenoxy) is 1. The van der Waals surface area contributed by atoms with Crippen LogP contribution in [0, 0.1) is 6.92 Å². The Balaban J connectivity index is 1.74. The Kier molecular flexibility index (Phi) is 5.52.